The standard InChI is InChI=1S/C25H19ClN2/c26-23-7-3-5-21-20-4-1-2-6-22(20)25(24(21)23,16-8-12-18(27)13-9-16)17-10-14-19(28)15-11-17/h1-15H,27-28H2. The molecule has 0 radical (unpaired) electrons. The summed E-state index contributed by atoms with van der Waals surface area (Å²) < 4.78 is 0. The van der Waals surface area contributed by atoms with Crippen LogP contribution >= 0.6 is 11.6 Å². The molecule has 0 aromatic heterocycles. The van der Waals surface area contributed by atoms with Crippen molar-refractivity contribution in [3.63, 3.8) is 0 Å². The van der Waals surface area contributed by atoms with Crippen LogP contribution in [-0.4, -0.2) is 0 Å². The lowest BCUT2D eigenvalue weighted by Crippen LogP contribution is -2.29. The van der Waals surface area contributed by atoms with E-state index in [2.05, 4.69) is 54.6 Å². The van der Waals surface area contributed by atoms with Crippen molar-refractivity contribution in [1.82, 2.24) is 0 Å². The van der Waals surface area contributed by atoms with Crippen molar-refractivity contribution in [2.24, 2.45) is 0 Å². The Hall–Kier alpha value is -3.23. The maximum atomic E-state index is 6.86. The molecule has 0 saturated heterocycles. The highest BCUT2D eigenvalue weighted by molar-refractivity contribution is 6.32. The summed E-state index contributed by atoms with van der Waals surface area (Å²) in [7, 11) is 0. The lowest BCUT2D eigenvalue weighted by molar-refractivity contribution is 0.769. The molecule has 5 rings (SSSR count). The summed E-state index contributed by atoms with van der Waals surface area (Å²) in [5.74, 6) is 0. The zero-order valence-electron chi connectivity index (χ0n) is 15.2. The highest BCUT2D eigenvalue weighted by Gasteiger charge is 2.47. The van der Waals surface area contributed by atoms with Gasteiger partial charge in [-0.2, -0.15) is 0 Å². The Kier molecular flexibility index (Phi) is 3.71. The molecule has 0 bridgehead atoms. The SMILES string of the molecule is Nc1ccc(C2(c3ccc(N)cc3)c3ccccc3-c3cccc(Cl)c32)cc1. The number of hydrogen-bond acceptors (Lipinski definition) is 2. The summed E-state index contributed by atoms with van der Waals surface area (Å²) in [6.45, 7) is 0. The van der Waals surface area contributed by atoms with E-state index in [4.69, 9.17) is 23.1 Å². The van der Waals surface area contributed by atoms with Gasteiger partial charge in [-0.25, -0.2) is 0 Å². The number of nitrogens with two attached hydrogens (primary N) is 2. The second-order valence-electron chi connectivity index (χ2n) is 7.20. The molecule has 2 nitrogen and oxygen atoms in total. The van der Waals surface area contributed by atoms with Crippen LogP contribution in [0.25, 0.3) is 11.1 Å². The topological polar surface area (TPSA) is 52.0 Å². The summed E-state index contributed by atoms with van der Waals surface area (Å²) >= 11 is 6.86. The fourth-order valence-electron chi connectivity index (χ4n) is 4.54. The molecule has 0 saturated carbocycles. The van der Waals surface area contributed by atoms with E-state index in [1.54, 1.807) is 0 Å². The predicted molar refractivity (Wildman–Crippen MR) is 118 cm³/mol. The van der Waals surface area contributed by atoms with E-state index in [0.717, 1.165) is 38.7 Å². The Bertz CT molecular complexity index is 1130. The molecule has 28 heavy (non-hydrogen) atoms. The van der Waals surface area contributed by atoms with Crippen molar-refractivity contribution in [2.75, 3.05) is 11.5 Å². The highest BCUT2D eigenvalue weighted by atomic mass is 35.5. The van der Waals surface area contributed by atoms with Crippen molar-refractivity contribution in [3.8, 4) is 11.1 Å². The zero-order valence-corrected chi connectivity index (χ0v) is 15.9. The van der Waals surface area contributed by atoms with E-state index in [9.17, 15) is 0 Å². The smallest absolute Gasteiger partial charge is 0.0728 e. The van der Waals surface area contributed by atoms with Gasteiger partial charge >= 0.3 is 0 Å². The molecule has 0 atom stereocenters. The van der Waals surface area contributed by atoms with E-state index in [1.807, 2.05) is 36.4 Å². The summed E-state index contributed by atoms with van der Waals surface area (Å²) in [4.78, 5) is 0. The van der Waals surface area contributed by atoms with Crippen molar-refractivity contribution in [1.29, 1.82) is 0 Å². The minimum absolute atomic E-state index is 0.522. The van der Waals surface area contributed by atoms with Gasteiger partial charge in [-0.05, 0) is 63.7 Å². The molecule has 1 aliphatic carbocycles. The van der Waals surface area contributed by atoms with Gasteiger partial charge in [0.25, 0.3) is 0 Å². The summed E-state index contributed by atoms with van der Waals surface area (Å²) in [6.07, 6.45) is 0. The van der Waals surface area contributed by atoms with Gasteiger partial charge in [-0.3, -0.25) is 0 Å². The van der Waals surface area contributed by atoms with Crippen LogP contribution < -0.4 is 11.5 Å². The molecule has 4 aromatic carbocycles. The maximum Gasteiger partial charge on any atom is 0.0728 e. The minimum atomic E-state index is -0.522. The van der Waals surface area contributed by atoms with Crippen molar-refractivity contribution >= 4 is 23.0 Å². The minimum Gasteiger partial charge on any atom is -0.399 e. The van der Waals surface area contributed by atoms with E-state index in [-0.39, 0.29) is 0 Å². The summed E-state index contributed by atoms with van der Waals surface area (Å²) in [5.41, 5.74) is 19.9. The van der Waals surface area contributed by atoms with Gasteiger partial charge in [0.1, 0.15) is 0 Å². The molecule has 0 amide bonds. The number of halogens is 1. The average molecular weight is 383 g/mol. The van der Waals surface area contributed by atoms with Crippen LogP contribution in [0.5, 0.6) is 0 Å². The fraction of sp³-hybridized carbons (Fsp3) is 0.0400. The number of benzene rings is 4. The van der Waals surface area contributed by atoms with E-state index in [0.29, 0.717) is 0 Å². The van der Waals surface area contributed by atoms with Crippen LogP contribution in [0.2, 0.25) is 5.02 Å². The predicted octanol–water partition coefficient (Wildman–Crippen LogP) is 5.87. The Labute approximate surface area is 169 Å². The number of hydrogen-bond donors (Lipinski definition) is 2. The van der Waals surface area contributed by atoms with Crippen molar-refractivity contribution in [2.45, 2.75) is 5.41 Å². The third kappa shape index (κ3) is 2.22. The number of fused-ring (bicyclic) bond motifs is 3. The van der Waals surface area contributed by atoms with Crippen LogP contribution in [0.4, 0.5) is 11.4 Å². The number of nitrogen functional groups attached to an aromatic ring is 2. The summed E-state index contributed by atoms with van der Waals surface area (Å²) in [6, 6.07) is 30.8. The van der Waals surface area contributed by atoms with Crippen LogP contribution in [0.15, 0.2) is 91.0 Å². The lowest BCUT2D eigenvalue weighted by atomic mass is 9.67. The van der Waals surface area contributed by atoms with E-state index in [1.165, 1.54) is 11.1 Å². The second-order valence-corrected chi connectivity index (χ2v) is 7.61. The molecule has 4 N–H and O–H groups in total. The normalized spacial score (nSPS) is 13.8. The van der Waals surface area contributed by atoms with Crippen molar-refractivity contribution in [3.05, 3.63) is 118 Å². The van der Waals surface area contributed by atoms with Crippen LogP contribution in [-0.2, 0) is 5.41 Å². The van der Waals surface area contributed by atoms with Gasteiger partial charge in [0.15, 0.2) is 0 Å². The Morgan fingerprint density at radius 2 is 1.11 bits per heavy atom. The fourth-order valence-corrected chi connectivity index (χ4v) is 4.86. The van der Waals surface area contributed by atoms with Crippen LogP contribution in [0.3, 0.4) is 0 Å². The Balaban J connectivity index is 1.98. The van der Waals surface area contributed by atoms with E-state index < -0.39 is 5.41 Å². The Morgan fingerprint density at radius 1 is 0.571 bits per heavy atom. The molecule has 3 heteroatoms. The molecule has 1 aliphatic rings. The number of rotatable bonds is 2. The molecule has 0 unspecified atom stereocenters. The monoisotopic (exact) mass is 382 g/mol. The van der Waals surface area contributed by atoms with Gasteiger partial charge < -0.3 is 11.5 Å². The average Bonchev–Trinajstić information content (AvgIpc) is 3.02. The molecule has 0 spiro atoms. The molecular formula is C25H19ClN2. The number of anilines is 2. The largest absolute Gasteiger partial charge is 0.399 e. The molecule has 0 aliphatic heterocycles. The first-order valence-corrected chi connectivity index (χ1v) is 9.61. The molecular weight excluding hydrogens is 364 g/mol. The van der Waals surface area contributed by atoms with Gasteiger partial charge in [0.05, 0.1) is 5.41 Å². The molecule has 136 valence electrons. The first-order valence-electron chi connectivity index (χ1n) is 9.23. The van der Waals surface area contributed by atoms with Gasteiger partial charge in [0, 0.05) is 16.4 Å². The molecule has 0 heterocycles. The van der Waals surface area contributed by atoms with Gasteiger partial charge in [-0.15, -0.1) is 0 Å². The Morgan fingerprint density at radius 3 is 1.71 bits per heavy atom. The van der Waals surface area contributed by atoms with Crippen LogP contribution in [0, 0.1) is 0 Å². The molecule has 4 aromatic rings. The van der Waals surface area contributed by atoms with Crippen LogP contribution in [0.1, 0.15) is 22.3 Å². The first kappa shape index (κ1) is 16.9. The quantitative estimate of drug-likeness (QED) is 0.375. The molecule has 0 fully saturated rings. The zero-order chi connectivity index (χ0) is 19.3. The third-order valence-electron chi connectivity index (χ3n) is 5.70. The van der Waals surface area contributed by atoms with Crippen molar-refractivity contribution < 1.29 is 0 Å². The summed E-state index contributed by atoms with van der Waals surface area (Å²) in [5, 5.41) is 0.752. The van der Waals surface area contributed by atoms with Gasteiger partial charge in [0.2, 0.25) is 0 Å². The third-order valence-corrected chi connectivity index (χ3v) is 6.01. The van der Waals surface area contributed by atoms with Gasteiger partial charge in [-0.1, -0.05) is 72.3 Å². The first-order chi connectivity index (χ1) is 13.6. The lowest BCUT2D eigenvalue weighted by Gasteiger charge is -2.34. The second kappa shape index (κ2) is 6.15. The highest BCUT2D eigenvalue weighted by Crippen LogP contribution is 2.58. The maximum absolute atomic E-state index is 6.86. The van der Waals surface area contributed by atoms with E-state index >= 15 is 0 Å².